The van der Waals surface area contributed by atoms with Crippen molar-refractivity contribution in [2.75, 3.05) is 9.80 Å². The Bertz CT molecular complexity index is 7440. The second-order valence-electron chi connectivity index (χ2n) is 50.9. The van der Waals surface area contributed by atoms with E-state index in [-0.39, 0.29) is 11.1 Å². The van der Waals surface area contributed by atoms with Gasteiger partial charge in [0.2, 0.25) is 0 Å². The number of anilines is 6. The van der Waals surface area contributed by atoms with Crippen LogP contribution in [0.1, 0.15) is 317 Å². The monoisotopic (exact) mass is 1850 g/mol. The van der Waals surface area contributed by atoms with Crippen molar-refractivity contribution in [1.82, 2.24) is 9.13 Å². The van der Waals surface area contributed by atoms with E-state index in [1.165, 1.54) is 0 Å². The van der Waals surface area contributed by atoms with E-state index in [1.54, 1.807) is 0 Å². The summed E-state index contributed by atoms with van der Waals surface area (Å²) in [5.74, 6) is 0. The fourth-order valence-corrected chi connectivity index (χ4v) is 20.6. The summed E-state index contributed by atoms with van der Waals surface area (Å²) >= 11 is 0. The Kier molecular flexibility index (Phi) is 19.7. The van der Waals surface area contributed by atoms with Crippen molar-refractivity contribution in [1.29, 1.82) is 0 Å². The predicted octanol–water partition coefficient (Wildman–Crippen LogP) is 36.1. The minimum absolute atomic E-state index is 0.283. The zero-order valence-electron chi connectivity index (χ0n) is 109. The van der Waals surface area contributed by atoms with Crippen LogP contribution < -0.4 is 26.2 Å². The first-order valence-electron chi connectivity index (χ1n) is 59.9. The molecule has 138 heavy (non-hydrogen) atoms. The lowest BCUT2D eigenvalue weighted by molar-refractivity contribution is 0.410. The third-order valence-electron chi connectivity index (χ3n) is 24.4. The minimum atomic E-state index is -2.16. The van der Waals surface area contributed by atoms with Crippen LogP contribution in [0.4, 0.5) is 34.1 Å². The van der Waals surface area contributed by atoms with E-state index < -0.39 is 130 Å². The fourth-order valence-electron chi connectivity index (χ4n) is 20.6. The van der Waals surface area contributed by atoms with Crippen LogP contribution in [-0.4, -0.2) is 15.8 Å². The van der Waals surface area contributed by atoms with Crippen LogP contribution in [0.5, 0.6) is 0 Å². The molecular formula is C133H161BN4. The Labute approximate surface area is 860 Å². The molecule has 0 atom stereocenters. The van der Waals surface area contributed by atoms with Gasteiger partial charge in [-0.15, -0.1) is 0 Å². The number of nitrogens with zero attached hydrogens (tertiary/aromatic N) is 4. The number of rotatable bonds is 19. The molecule has 17 rings (SSSR count). The smallest absolute Gasteiger partial charge is 0.252 e. The van der Waals surface area contributed by atoms with Crippen LogP contribution in [0.25, 0.3) is 99.5 Å². The summed E-state index contributed by atoms with van der Waals surface area (Å²) in [6.45, 7) is 62.2. The van der Waals surface area contributed by atoms with E-state index in [2.05, 4.69) is 88.2 Å². The highest BCUT2D eigenvalue weighted by Gasteiger charge is 2.47. The number of aromatic nitrogens is 2. The molecule has 0 N–H and O–H groups in total. The average molecular weight is 1850 g/mol. The van der Waals surface area contributed by atoms with Gasteiger partial charge in [-0.3, -0.25) is 0 Å². The van der Waals surface area contributed by atoms with Crippen molar-refractivity contribution in [3.05, 3.63) is 304 Å². The molecule has 15 aromatic rings. The summed E-state index contributed by atoms with van der Waals surface area (Å²) in [5, 5.41) is 2.69. The third-order valence-corrected chi connectivity index (χ3v) is 24.4. The molecule has 0 unspecified atom stereocenters. The molecule has 2 aromatic heterocycles. The first-order valence-corrected chi connectivity index (χ1v) is 49.9. The van der Waals surface area contributed by atoms with Gasteiger partial charge in [-0.05, 0) is 339 Å². The van der Waals surface area contributed by atoms with Gasteiger partial charge in [0.15, 0.2) is 0 Å². The van der Waals surface area contributed by atoms with Gasteiger partial charge in [0, 0.05) is 105 Å². The van der Waals surface area contributed by atoms with E-state index in [9.17, 15) is 27.4 Å². The zero-order chi connectivity index (χ0) is 117. The summed E-state index contributed by atoms with van der Waals surface area (Å²) in [7, 11) is 0. The highest BCUT2D eigenvalue weighted by Crippen LogP contribution is 2.57. The van der Waals surface area contributed by atoms with Gasteiger partial charge >= 0.3 is 0 Å². The first-order chi connectivity index (χ1) is 71.9. The van der Waals surface area contributed by atoms with Crippen molar-refractivity contribution in [3.63, 3.8) is 0 Å². The summed E-state index contributed by atoms with van der Waals surface area (Å²) in [4.78, 5) is 4.64. The number of hydrogen-bond acceptors (Lipinski definition) is 2. The maximum Gasteiger partial charge on any atom is 0.252 e. The van der Waals surface area contributed by atoms with Crippen LogP contribution in [0.2, 0.25) is 0 Å². The van der Waals surface area contributed by atoms with Gasteiger partial charge in [0.1, 0.15) is 0 Å². The topological polar surface area (TPSA) is 16.3 Å². The molecular weight excluding hydrogens is 1660 g/mol. The van der Waals surface area contributed by atoms with Crippen LogP contribution in [-0.2, 0) is 70.2 Å². The largest absolute Gasteiger partial charge is 0.310 e. The van der Waals surface area contributed by atoms with Crippen molar-refractivity contribution >= 4 is 101 Å². The molecule has 13 aromatic carbocycles. The Morgan fingerprint density at radius 1 is 0.210 bits per heavy atom. The maximum atomic E-state index is 10.8. The standard InChI is InChI=1S/C133H161BN4/c1-123(2,3)74-85-38-34-42-96(58-85)102-66-93(82-131(25,26)27)67-103(97-43-35-39-86(59-97)75-124(4,5)6)121(102)137-116-72-100(135-112-54-46-89(78-127(13,14)15)62-106(112)107-63-90(47-55-113(107)135)79-128(16,17)18)50-52-110(116)134-111-53-51-101(136-114-56-48-91(80-129(19,20)21)64-108(114)109-65-92(49-57-115(109)136)81-130(22,23)24)73-117(111)138(119-71-95(84-133(31,32)33)70-118(137)120(119)134)122-104(98-44-36-40-87(60-98)76-125(7,8)9)68-94(83-132(28,29)30)69-105(122)99-45-37-41-88(61-99)77-126(10,11)12/h34-73H,74-84H2,1-33H3/i74D2,75D2,76D2,77D2,78D2,79D2,80D2,81D2,82D2,83D2. The van der Waals surface area contributed by atoms with Crippen LogP contribution in [0, 0.1) is 59.6 Å². The SMILES string of the molecule is [2H]C([2H])(c1cccc(-c2cc(C([2H])([2H])C(C)(C)C)cc(-c3cccc(C([2H])([2H])C(C)(C)C)c3)c2N2c3cc(-n4c5ccc(C([2H])([2H])C(C)(C)C)cc5c5cc(C([2H])([2H])C(C)(C)C)ccc54)ccc3B3c4ccc(-n5c6ccc(C([2H])([2H])C(C)(C)C)cc6c6cc(C([2H])([2H])C(C)(C)C)ccc65)cc4N(c4c(-c5cccc(C([2H])([2H])C(C)(C)C)c5)cc(C([2H])([2H])C(C)(C)C)cc4-c4cccc(C([2H])([2H])C(C)(C)C)c4)c4cc(CC(C)(C)C)cc2c43)c1)C(C)(C)C. The van der Waals surface area contributed by atoms with Crippen molar-refractivity contribution in [2.45, 2.75) is 299 Å². The number of hydrogen-bond donors (Lipinski definition) is 0. The predicted molar refractivity (Wildman–Crippen MR) is 606 cm³/mol. The van der Waals surface area contributed by atoms with Gasteiger partial charge in [-0.25, -0.2) is 0 Å². The highest BCUT2D eigenvalue weighted by atomic mass is 15.2. The van der Waals surface area contributed by atoms with E-state index in [4.69, 9.17) is 0 Å². The van der Waals surface area contributed by atoms with Crippen molar-refractivity contribution < 1.29 is 27.4 Å². The molecule has 0 radical (unpaired) electrons. The second kappa shape index (κ2) is 35.7. The number of fused-ring (bicyclic) bond motifs is 10. The van der Waals surface area contributed by atoms with Crippen LogP contribution in [0.3, 0.4) is 0 Å². The molecule has 5 heteroatoms. The number of benzene rings is 13. The Hall–Kier alpha value is -10.9. The lowest BCUT2D eigenvalue weighted by Crippen LogP contribution is -2.61. The van der Waals surface area contributed by atoms with Crippen LogP contribution >= 0.6 is 0 Å². The van der Waals surface area contributed by atoms with E-state index in [0.717, 1.165) is 22.0 Å². The summed E-state index contributed by atoms with van der Waals surface area (Å²) in [6, 6.07) is 78.5. The minimum Gasteiger partial charge on any atom is -0.310 e. The van der Waals surface area contributed by atoms with Crippen molar-refractivity contribution in [3.8, 4) is 55.9 Å². The Morgan fingerprint density at radius 2 is 0.442 bits per heavy atom. The molecule has 2 aliphatic rings. The molecule has 716 valence electrons. The lowest BCUT2D eigenvalue weighted by Gasteiger charge is -2.46. The zero-order valence-corrected chi connectivity index (χ0v) is 88.7. The van der Waals surface area contributed by atoms with Gasteiger partial charge in [-0.2, -0.15) is 0 Å². The molecule has 0 aliphatic carbocycles. The van der Waals surface area contributed by atoms with Gasteiger partial charge in [0.25, 0.3) is 6.71 Å². The molecule has 4 nitrogen and oxygen atoms in total. The van der Waals surface area contributed by atoms with E-state index in [0.29, 0.717) is 185 Å². The highest BCUT2D eigenvalue weighted by molar-refractivity contribution is 7.00. The summed E-state index contributed by atoms with van der Waals surface area (Å²) in [6.07, 6.45) is -19.5. The Morgan fingerprint density at radius 3 is 0.674 bits per heavy atom. The second-order valence-corrected chi connectivity index (χ2v) is 50.9. The van der Waals surface area contributed by atoms with Gasteiger partial charge in [0.05, 0.1) is 33.4 Å². The molecule has 0 fully saturated rings. The van der Waals surface area contributed by atoms with Gasteiger partial charge in [-0.1, -0.05) is 362 Å². The Balaban J connectivity index is 1.16. The average Bonchev–Trinajstić information content (AvgIpc) is 0.882. The molecule has 0 spiro atoms. The van der Waals surface area contributed by atoms with Gasteiger partial charge < -0.3 is 18.9 Å². The fraction of sp³-hybridized carbons (Fsp3) is 0.414. The molecule has 0 saturated heterocycles. The first kappa shape index (κ1) is 76.0. The third kappa shape index (κ3) is 22.3. The van der Waals surface area contributed by atoms with Crippen LogP contribution in [0.15, 0.2) is 243 Å². The van der Waals surface area contributed by atoms with Crippen molar-refractivity contribution in [2.24, 2.45) is 59.6 Å². The molecule has 2 aliphatic heterocycles. The quantitative estimate of drug-likeness (QED) is 0.0750. The molecule has 0 saturated carbocycles. The molecule has 0 amide bonds. The lowest BCUT2D eigenvalue weighted by atomic mass is 9.33. The normalized spacial score (nSPS) is 17.0. The maximum absolute atomic E-state index is 10.8. The molecule has 0 bridgehead atoms. The van der Waals surface area contributed by atoms with E-state index in [1.807, 2.05) is 402 Å². The van der Waals surface area contributed by atoms with E-state index >= 15 is 0 Å². The molecule has 4 heterocycles. The summed E-state index contributed by atoms with van der Waals surface area (Å²) in [5.41, 5.74) is 7.92. The summed E-state index contributed by atoms with van der Waals surface area (Å²) < 4.78 is 210.